The third kappa shape index (κ3) is 4.19. The molecule has 0 bridgehead atoms. The fourth-order valence-corrected chi connectivity index (χ4v) is 4.61. The second-order valence-electron chi connectivity index (χ2n) is 8.62. The Labute approximate surface area is 197 Å². The van der Waals surface area contributed by atoms with Gasteiger partial charge in [-0.1, -0.05) is 6.32 Å². The molecule has 0 aliphatic carbocycles. The van der Waals surface area contributed by atoms with Gasteiger partial charge < -0.3 is 20.1 Å². The first-order valence-corrected chi connectivity index (χ1v) is 11.4. The Bertz CT molecular complexity index is 1270. The van der Waals surface area contributed by atoms with Gasteiger partial charge in [0.25, 0.3) is 12.6 Å². The van der Waals surface area contributed by atoms with Crippen LogP contribution in [-0.4, -0.2) is 51.8 Å². The molecule has 1 fully saturated rings. The van der Waals surface area contributed by atoms with Crippen molar-refractivity contribution in [3.05, 3.63) is 47.7 Å². The number of halogens is 1. The zero-order chi connectivity index (χ0) is 23.7. The topological polar surface area (TPSA) is 112 Å². The number of hydrogen-bond donors (Lipinski definition) is 2. The van der Waals surface area contributed by atoms with E-state index in [1.54, 1.807) is 12.3 Å². The van der Waals surface area contributed by atoms with Gasteiger partial charge in [0.1, 0.15) is 11.5 Å². The highest BCUT2D eigenvalue weighted by atomic mass is 19.1. The number of carbonyl (C=O) groups excluding carboxylic acids is 1. The fourth-order valence-electron chi connectivity index (χ4n) is 4.61. The Balaban J connectivity index is 1.35. The number of fused-ring (bicyclic) bond motifs is 1. The van der Waals surface area contributed by atoms with Crippen molar-refractivity contribution in [1.82, 2.24) is 24.8 Å². The Morgan fingerprint density at radius 3 is 2.88 bits per heavy atom. The molecule has 2 N–H and O–H groups in total. The van der Waals surface area contributed by atoms with Gasteiger partial charge in [-0.05, 0) is 30.9 Å². The Morgan fingerprint density at radius 1 is 1.24 bits per heavy atom. The maximum atomic E-state index is 14.7. The predicted molar refractivity (Wildman–Crippen MR) is 128 cm³/mol. The van der Waals surface area contributed by atoms with Crippen LogP contribution < -0.4 is 15.5 Å². The quantitative estimate of drug-likeness (QED) is 0.579. The third-order valence-electron chi connectivity index (χ3n) is 6.50. The number of rotatable bonds is 4. The average Bonchev–Trinajstić information content (AvgIpc) is 3.03. The first kappa shape index (κ1) is 21.9. The van der Waals surface area contributed by atoms with Crippen LogP contribution in [0.15, 0.2) is 30.6 Å². The molecule has 2 aliphatic rings. The molecule has 1 amide bonds. The van der Waals surface area contributed by atoms with Crippen LogP contribution in [0, 0.1) is 17.0 Å². The molecule has 34 heavy (non-hydrogen) atoms. The van der Waals surface area contributed by atoms with E-state index in [9.17, 15) is 14.4 Å². The van der Waals surface area contributed by atoms with Gasteiger partial charge in [-0.15, -0.1) is 0 Å². The molecule has 9 nitrogen and oxygen atoms in total. The van der Waals surface area contributed by atoms with E-state index in [0.717, 1.165) is 49.7 Å². The second-order valence-corrected chi connectivity index (χ2v) is 8.62. The van der Waals surface area contributed by atoms with Crippen LogP contribution in [-0.2, 0) is 13.5 Å². The molecule has 172 valence electrons. The largest absolute Gasteiger partial charge is 0.371 e. The lowest BCUT2D eigenvalue weighted by Crippen LogP contribution is -2.31. The minimum Gasteiger partial charge on any atom is -0.371 e. The first-order valence-electron chi connectivity index (χ1n) is 11.4. The van der Waals surface area contributed by atoms with E-state index in [1.807, 2.05) is 23.7 Å². The Kier molecular flexibility index (Phi) is 5.88. The van der Waals surface area contributed by atoms with E-state index in [4.69, 9.17) is 0 Å². The summed E-state index contributed by atoms with van der Waals surface area (Å²) in [7, 11) is 1.81. The van der Waals surface area contributed by atoms with E-state index in [0.29, 0.717) is 30.0 Å². The van der Waals surface area contributed by atoms with Gasteiger partial charge in [0.2, 0.25) is 5.95 Å². The summed E-state index contributed by atoms with van der Waals surface area (Å²) < 4.78 is 16.5. The molecule has 2 aliphatic heterocycles. The summed E-state index contributed by atoms with van der Waals surface area (Å²) >= 11 is 0. The van der Waals surface area contributed by atoms with Crippen molar-refractivity contribution in [2.75, 3.05) is 29.9 Å². The molecular formula is C23H24BFN8O. The van der Waals surface area contributed by atoms with Crippen molar-refractivity contribution >= 4 is 30.1 Å². The van der Waals surface area contributed by atoms with Crippen molar-refractivity contribution in [2.24, 2.45) is 7.05 Å². The van der Waals surface area contributed by atoms with Crippen LogP contribution in [0.1, 0.15) is 22.5 Å². The highest BCUT2D eigenvalue weighted by Gasteiger charge is 2.25. The van der Waals surface area contributed by atoms with Crippen molar-refractivity contribution in [3.63, 3.8) is 0 Å². The molecule has 5 heterocycles. The molecule has 0 spiro atoms. The van der Waals surface area contributed by atoms with Crippen LogP contribution in [0.2, 0.25) is 12.6 Å². The lowest BCUT2D eigenvalue weighted by atomic mass is 9.46. The van der Waals surface area contributed by atoms with E-state index < -0.39 is 5.82 Å². The molecule has 0 atom stereocenters. The molecule has 1 saturated heterocycles. The zero-order valence-electron chi connectivity index (χ0n) is 18.9. The number of nitrogens with one attached hydrogen (secondary N) is 2. The van der Waals surface area contributed by atoms with E-state index in [1.165, 1.54) is 0 Å². The van der Waals surface area contributed by atoms with Crippen LogP contribution in [0.25, 0.3) is 11.4 Å². The Hall–Kier alpha value is -3.94. The maximum Gasteiger partial charge on any atom is 0.269 e. The highest BCUT2D eigenvalue weighted by molar-refractivity contribution is 6.67. The molecule has 0 saturated carbocycles. The molecule has 3 aromatic rings. The summed E-state index contributed by atoms with van der Waals surface area (Å²) in [5, 5.41) is 15.0. The summed E-state index contributed by atoms with van der Waals surface area (Å²) in [6.07, 6.45) is 6.35. The molecule has 5 rings (SSSR count). The summed E-state index contributed by atoms with van der Waals surface area (Å²) in [5.41, 5.74) is 3.04. The predicted octanol–water partition coefficient (Wildman–Crippen LogP) is 2.81. The lowest BCUT2D eigenvalue weighted by molar-refractivity contribution is 0.0945. The molecule has 0 radical (unpaired) electrons. The van der Waals surface area contributed by atoms with Crippen LogP contribution in [0.5, 0.6) is 0 Å². The van der Waals surface area contributed by atoms with Gasteiger partial charge in [-0.3, -0.25) is 4.79 Å². The number of amides is 1. The van der Waals surface area contributed by atoms with Gasteiger partial charge in [-0.2, -0.15) is 0 Å². The number of pyridine rings is 1. The summed E-state index contributed by atoms with van der Waals surface area (Å²) in [6, 6.07) is 5.47. The van der Waals surface area contributed by atoms with Crippen molar-refractivity contribution in [1.29, 1.82) is 5.26 Å². The zero-order valence-corrected chi connectivity index (χ0v) is 18.9. The van der Waals surface area contributed by atoms with Gasteiger partial charge >= 0.3 is 0 Å². The van der Waals surface area contributed by atoms with Crippen molar-refractivity contribution < 1.29 is 9.18 Å². The summed E-state index contributed by atoms with van der Waals surface area (Å²) in [5.74, 6) is 2.41. The standard InChI is InChI=1S/C23H24BFN8O/c1-32-18-5-8-27-22(34)16(18)11-19(32)21-17(25)13-29-23(31-21)30-20-4-3-15(12-28-20)33-9-2-6-24(14-26)7-10-33/h3-4,11-13H,2,5-10H2,1H3,(H,27,34)(H,28,29,30,31). The minimum absolute atomic E-state index is 0.118. The number of hydrogen-bond acceptors (Lipinski definition) is 7. The number of nitriles is 1. The molecule has 11 heteroatoms. The Morgan fingerprint density at radius 2 is 2.12 bits per heavy atom. The normalized spacial score (nSPS) is 15.9. The monoisotopic (exact) mass is 458 g/mol. The van der Waals surface area contributed by atoms with Gasteiger partial charge in [0.05, 0.1) is 29.3 Å². The molecule has 3 aromatic heterocycles. The second kappa shape index (κ2) is 9.13. The van der Waals surface area contributed by atoms with Crippen LogP contribution >= 0.6 is 0 Å². The van der Waals surface area contributed by atoms with Gasteiger partial charge in [0, 0.05) is 44.8 Å². The maximum absolute atomic E-state index is 14.7. The number of nitrogens with zero attached hydrogens (tertiary/aromatic N) is 6. The third-order valence-corrected chi connectivity index (χ3v) is 6.50. The lowest BCUT2D eigenvalue weighted by Gasteiger charge is -2.22. The van der Waals surface area contributed by atoms with E-state index in [-0.39, 0.29) is 24.3 Å². The average molecular weight is 458 g/mol. The van der Waals surface area contributed by atoms with Crippen LogP contribution in [0.3, 0.4) is 0 Å². The van der Waals surface area contributed by atoms with Crippen molar-refractivity contribution in [3.8, 4) is 17.4 Å². The van der Waals surface area contributed by atoms with Crippen molar-refractivity contribution in [2.45, 2.75) is 25.5 Å². The smallest absolute Gasteiger partial charge is 0.269 e. The number of aromatic nitrogens is 4. The van der Waals surface area contributed by atoms with Gasteiger partial charge in [-0.25, -0.2) is 24.6 Å². The fraction of sp³-hybridized carbons (Fsp3) is 0.348. The summed E-state index contributed by atoms with van der Waals surface area (Å²) in [6.45, 7) is 2.40. The van der Waals surface area contributed by atoms with E-state index >= 15 is 0 Å². The molecule has 0 unspecified atom stereocenters. The molecular weight excluding hydrogens is 434 g/mol. The molecule has 0 aromatic carbocycles. The van der Waals surface area contributed by atoms with E-state index in [2.05, 4.69) is 36.5 Å². The summed E-state index contributed by atoms with van der Waals surface area (Å²) in [4.78, 5) is 27.3. The SMILES string of the molecule is Cn1c(-c2nc(Nc3ccc(N4CCCB(C#N)CC4)cn3)ncc2F)cc2c1CCNC2=O. The highest BCUT2D eigenvalue weighted by Crippen LogP contribution is 2.28. The first-order chi connectivity index (χ1) is 16.5. The van der Waals surface area contributed by atoms with Gasteiger partial charge in [0.15, 0.2) is 5.82 Å². The minimum atomic E-state index is -0.566. The number of anilines is 3. The van der Waals surface area contributed by atoms with Crippen LogP contribution in [0.4, 0.5) is 21.8 Å². The number of carbonyl (C=O) groups is 1.